The Morgan fingerprint density at radius 2 is 1.94 bits per heavy atom. The van der Waals surface area contributed by atoms with E-state index >= 15 is 0 Å². The summed E-state index contributed by atoms with van der Waals surface area (Å²) in [4.78, 5) is 14.4. The predicted molar refractivity (Wildman–Crippen MR) is 86.2 cm³/mol. The van der Waals surface area contributed by atoms with Crippen molar-refractivity contribution in [3.8, 4) is 0 Å². The number of carbonyl (C=O) groups is 1. The van der Waals surface area contributed by atoms with Crippen molar-refractivity contribution in [1.29, 1.82) is 0 Å². The molecule has 1 aromatic rings. The van der Waals surface area contributed by atoms with Gasteiger partial charge in [-0.2, -0.15) is 11.8 Å². The van der Waals surface area contributed by atoms with E-state index in [1.54, 1.807) is 0 Å². The van der Waals surface area contributed by atoms with Crippen LogP contribution >= 0.6 is 34.4 Å². The smallest absolute Gasteiger partial charge is 0.253 e. The molecule has 0 atom stereocenters. The molecular weight excluding hydrogens is 357 g/mol. The Morgan fingerprint density at radius 1 is 1.28 bits per heavy atom. The van der Waals surface area contributed by atoms with Crippen molar-refractivity contribution in [2.45, 2.75) is 25.0 Å². The molecule has 18 heavy (non-hydrogen) atoms. The highest BCUT2D eigenvalue weighted by atomic mass is 127. The van der Waals surface area contributed by atoms with Crippen molar-refractivity contribution < 1.29 is 4.79 Å². The number of hydrogen-bond donors (Lipinski definition) is 0. The first kappa shape index (κ1) is 14.2. The van der Waals surface area contributed by atoms with Crippen molar-refractivity contribution in [2.24, 2.45) is 0 Å². The first-order valence-electron chi connectivity index (χ1n) is 6.17. The molecule has 1 aliphatic rings. The highest BCUT2D eigenvalue weighted by Crippen LogP contribution is 2.31. The maximum atomic E-state index is 12.4. The van der Waals surface area contributed by atoms with Crippen molar-refractivity contribution in [1.82, 2.24) is 4.90 Å². The van der Waals surface area contributed by atoms with Crippen LogP contribution in [-0.2, 0) is 0 Å². The SMILES string of the molecule is CC1(C)CCN(C(=O)c2ccc(I)cc2)CCS1. The molecule has 0 aromatic heterocycles. The average molecular weight is 375 g/mol. The molecule has 0 aliphatic carbocycles. The molecule has 1 saturated heterocycles. The highest BCUT2D eigenvalue weighted by Gasteiger charge is 2.26. The van der Waals surface area contributed by atoms with E-state index in [4.69, 9.17) is 0 Å². The standard InChI is InChI=1S/C14H18INOS/c1-14(2)7-8-16(9-10-18-14)13(17)11-3-5-12(15)6-4-11/h3-6H,7-10H2,1-2H3. The van der Waals surface area contributed by atoms with Gasteiger partial charge in [0.25, 0.3) is 5.91 Å². The zero-order valence-corrected chi connectivity index (χ0v) is 13.8. The summed E-state index contributed by atoms with van der Waals surface area (Å²) in [7, 11) is 0. The second kappa shape index (κ2) is 5.82. The molecule has 0 N–H and O–H groups in total. The van der Waals surface area contributed by atoms with Gasteiger partial charge in [0, 0.05) is 32.7 Å². The first-order chi connectivity index (χ1) is 8.48. The van der Waals surface area contributed by atoms with E-state index in [-0.39, 0.29) is 5.91 Å². The average Bonchev–Trinajstić information content (AvgIpc) is 2.50. The van der Waals surface area contributed by atoms with Gasteiger partial charge < -0.3 is 4.90 Å². The maximum Gasteiger partial charge on any atom is 0.253 e. The minimum Gasteiger partial charge on any atom is -0.338 e. The lowest BCUT2D eigenvalue weighted by atomic mass is 10.1. The summed E-state index contributed by atoms with van der Waals surface area (Å²) in [5.74, 6) is 1.20. The van der Waals surface area contributed by atoms with Crippen LogP contribution < -0.4 is 0 Å². The Balaban J connectivity index is 2.07. The number of carbonyl (C=O) groups excluding carboxylic acids is 1. The lowest BCUT2D eigenvalue weighted by Crippen LogP contribution is -2.33. The normalized spacial score (nSPS) is 19.4. The summed E-state index contributed by atoms with van der Waals surface area (Å²) in [5, 5.41) is 0. The summed E-state index contributed by atoms with van der Waals surface area (Å²) in [6, 6.07) is 7.83. The number of halogens is 1. The second-order valence-electron chi connectivity index (χ2n) is 5.16. The largest absolute Gasteiger partial charge is 0.338 e. The number of benzene rings is 1. The van der Waals surface area contributed by atoms with Crippen molar-refractivity contribution in [3.05, 3.63) is 33.4 Å². The van der Waals surface area contributed by atoms with Gasteiger partial charge in [0.05, 0.1) is 0 Å². The number of rotatable bonds is 1. The van der Waals surface area contributed by atoms with E-state index in [0.717, 1.165) is 34.4 Å². The van der Waals surface area contributed by atoms with Gasteiger partial charge in [-0.1, -0.05) is 13.8 Å². The lowest BCUT2D eigenvalue weighted by Gasteiger charge is -2.22. The topological polar surface area (TPSA) is 20.3 Å². The molecule has 0 spiro atoms. The Hall–Kier alpha value is -0.230. The minimum atomic E-state index is 0.171. The third kappa shape index (κ3) is 3.63. The summed E-state index contributed by atoms with van der Waals surface area (Å²) in [6.07, 6.45) is 1.06. The van der Waals surface area contributed by atoms with E-state index < -0.39 is 0 Å². The molecule has 2 rings (SSSR count). The fourth-order valence-corrected chi connectivity index (χ4v) is 3.46. The third-order valence-corrected chi connectivity index (χ3v) is 5.31. The molecule has 0 radical (unpaired) electrons. The first-order valence-corrected chi connectivity index (χ1v) is 8.23. The Morgan fingerprint density at radius 3 is 2.61 bits per heavy atom. The van der Waals surface area contributed by atoms with Crippen LogP contribution in [0.2, 0.25) is 0 Å². The van der Waals surface area contributed by atoms with E-state index in [2.05, 4.69) is 36.4 Å². The van der Waals surface area contributed by atoms with Crippen LogP contribution in [0.4, 0.5) is 0 Å². The zero-order chi connectivity index (χ0) is 13.2. The number of thioether (sulfide) groups is 1. The fraction of sp³-hybridized carbons (Fsp3) is 0.500. The number of amides is 1. The van der Waals surface area contributed by atoms with Crippen LogP contribution in [0.5, 0.6) is 0 Å². The van der Waals surface area contributed by atoms with Gasteiger partial charge in [-0.3, -0.25) is 4.79 Å². The van der Waals surface area contributed by atoms with Crippen LogP contribution in [-0.4, -0.2) is 34.4 Å². The van der Waals surface area contributed by atoms with Gasteiger partial charge in [0.1, 0.15) is 0 Å². The van der Waals surface area contributed by atoms with Gasteiger partial charge >= 0.3 is 0 Å². The van der Waals surface area contributed by atoms with Gasteiger partial charge in [-0.05, 0) is 53.3 Å². The molecule has 4 heteroatoms. The molecule has 2 nitrogen and oxygen atoms in total. The molecule has 1 fully saturated rings. The third-order valence-electron chi connectivity index (χ3n) is 3.22. The second-order valence-corrected chi connectivity index (χ2v) is 8.20. The van der Waals surface area contributed by atoms with Crippen molar-refractivity contribution in [3.63, 3.8) is 0 Å². The monoisotopic (exact) mass is 375 g/mol. The maximum absolute atomic E-state index is 12.4. The zero-order valence-electron chi connectivity index (χ0n) is 10.8. The molecule has 1 aromatic carbocycles. The number of nitrogens with zero attached hydrogens (tertiary/aromatic N) is 1. The molecule has 0 saturated carbocycles. The van der Waals surface area contributed by atoms with Crippen LogP contribution in [0.25, 0.3) is 0 Å². The summed E-state index contributed by atoms with van der Waals surface area (Å²) >= 11 is 4.22. The molecule has 1 heterocycles. The minimum absolute atomic E-state index is 0.171. The Bertz CT molecular complexity index is 430. The van der Waals surface area contributed by atoms with Gasteiger partial charge in [0.15, 0.2) is 0 Å². The lowest BCUT2D eigenvalue weighted by molar-refractivity contribution is 0.0764. The van der Waals surface area contributed by atoms with Crippen LogP contribution in [0.3, 0.4) is 0 Å². The van der Waals surface area contributed by atoms with Gasteiger partial charge in [-0.25, -0.2) is 0 Å². The van der Waals surface area contributed by atoms with Crippen LogP contribution in [0, 0.1) is 3.57 Å². The summed E-state index contributed by atoms with van der Waals surface area (Å²) in [6.45, 7) is 6.25. The van der Waals surface area contributed by atoms with Crippen molar-refractivity contribution >= 4 is 40.3 Å². The predicted octanol–water partition coefficient (Wildman–Crippen LogP) is 3.65. The van der Waals surface area contributed by atoms with E-state index in [0.29, 0.717) is 4.75 Å². The molecule has 98 valence electrons. The molecule has 0 unspecified atom stereocenters. The molecule has 1 aliphatic heterocycles. The van der Waals surface area contributed by atoms with E-state index in [9.17, 15) is 4.79 Å². The molecular formula is C14H18INOS. The fourth-order valence-electron chi connectivity index (χ4n) is 2.00. The summed E-state index contributed by atoms with van der Waals surface area (Å²) in [5.41, 5.74) is 0.806. The van der Waals surface area contributed by atoms with Crippen LogP contribution in [0.15, 0.2) is 24.3 Å². The highest BCUT2D eigenvalue weighted by molar-refractivity contribution is 14.1. The van der Waals surface area contributed by atoms with E-state index in [1.165, 1.54) is 0 Å². The van der Waals surface area contributed by atoms with E-state index in [1.807, 2.05) is 40.9 Å². The Kier molecular flexibility index (Phi) is 4.59. The van der Waals surface area contributed by atoms with Gasteiger partial charge in [0.2, 0.25) is 0 Å². The Labute approximate surface area is 127 Å². The number of hydrogen-bond acceptors (Lipinski definition) is 2. The summed E-state index contributed by atoms with van der Waals surface area (Å²) < 4.78 is 1.46. The molecule has 1 amide bonds. The molecule has 0 bridgehead atoms. The van der Waals surface area contributed by atoms with Crippen molar-refractivity contribution in [2.75, 3.05) is 18.8 Å². The van der Waals surface area contributed by atoms with Crippen LogP contribution in [0.1, 0.15) is 30.6 Å². The quantitative estimate of drug-likeness (QED) is 0.699. The van der Waals surface area contributed by atoms with Gasteiger partial charge in [-0.15, -0.1) is 0 Å².